The van der Waals surface area contributed by atoms with Gasteiger partial charge in [0.25, 0.3) is 5.91 Å². The number of hydrogen-bond donors (Lipinski definition) is 0. The minimum atomic E-state index is -0.358. The Labute approximate surface area is 132 Å². The van der Waals surface area contributed by atoms with Crippen LogP contribution in [0.3, 0.4) is 0 Å². The molecule has 0 bridgehead atoms. The molecule has 0 spiro atoms. The Balaban J connectivity index is 1.80. The van der Waals surface area contributed by atoms with Crippen molar-refractivity contribution in [2.45, 2.75) is 13.8 Å². The summed E-state index contributed by atoms with van der Waals surface area (Å²) < 4.78 is 13.2. The van der Waals surface area contributed by atoms with Crippen molar-refractivity contribution in [3.8, 4) is 0 Å². The lowest BCUT2D eigenvalue weighted by Gasteiger charge is -2.35. The number of likely N-dealkylation sites (N-methyl/N-ethyl adjacent to an activating group) is 1. The number of halogens is 1. The molecule has 5 heteroatoms. The molecule has 1 fully saturated rings. The van der Waals surface area contributed by atoms with Gasteiger partial charge in [0.15, 0.2) is 0 Å². The quantitative estimate of drug-likeness (QED) is 0.803. The molecule has 4 nitrogen and oxygen atoms in total. The molecule has 0 aliphatic carbocycles. The molecule has 0 atom stereocenters. The zero-order valence-electron chi connectivity index (χ0n) is 13.6. The van der Waals surface area contributed by atoms with Gasteiger partial charge in [0.1, 0.15) is 5.82 Å². The third-order valence-electron chi connectivity index (χ3n) is 4.36. The van der Waals surface area contributed by atoms with Crippen LogP contribution in [0.1, 0.15) is 24.2 Å². The van der Waals surface area contributed by atoms with Crippen molar-refractivity contribution in [1.82, 2.24) is 14.7 Å². The Kier molecular flexibility index (Phi) is 6.34. The molecule has 1 aliphatic heterocycles. The summed E-state index contributed by atoms with van der Waals surface area (Å²) >= 11 is 0. The van der Waals surface area contributed by atoms with Crippen LogP contribution in [0.25, 0.3) is 0 Å². The summed E-state index contributed by atoms with van der Waals surface area (Å²) in [5.41, 5.74) is 0.441. The van der Waals surface area contributed by atoms with E-state index in [0.29, 0.717) is 18.7 Å². The van der Waals surface area contributed by atoms with E-state index in [-0.39, 0.29) is 11.7 Å². The highest BCUT2D eigenvalue weighted by Crippen LogP contribution is 2.10. The van der Waals surface area contributed by atoms with Gasteiger partial charge in [-0.1, -0.05) is 19.9 Å². The Hall–Kier alpha value is -1.46. The average molecular weight is 307 g/mol. The van der Waals surface area contributed by atoms with Crippen LogP contribution in [0.15, 0.2) is 24.3 Å². The largest absolute Gasteiger partial charge is 0.336 e. The lowest BCUT2D eigenvalue weighted by Crippen LogP contribution is -2.50. The first kappa shape index (κ1) is 16.9. The van der Waals surface area contributed by atoms with Gasteiger partial charge in [-0.15, -0.1) is 0 Å². The molecule has 0 aromatic heterocycles. The highest BCUT2D eigenvalue weighted by Gasteiger charge is 2.22. The number of piperazine rings is 1. The smallest absolute Gasteiger partial charge is 0.254 e. The van der Waals surface area contributed by atoms with Gasteiger partial charge in [0.2, 0.25) is 0 Å². The van der Waals surface area contributed by atoms with Crippen molar-refractivity contribution in [2.24, 2.45) is 0 Å². The van der Waals surface area contributed by atoms with E-state index in [1.165, 1.54) is 12.1 Å². The molecule has 1 aliphatic rings. The first-order valence-corrected chi connectivity index (χ1v) is 8.13. The minimum Gasteiger partial charge on any atom is -0.336 e. The normalized spacial score (nSPS) is 16.3. The van der Waals surface area contributed by atoms with Crippen LogP contribution in [-0.4, -0.2) is 73.0 Å². The maximum atomic E-state index is 13.2. The van der Waals surface area contributed by atoms with E-state index in [9.17, 15) is 9.18 Å². The highest BCUT2D eigenvalue weighted by molar-refractivity contribution is 5.94. The van der Waals surface area contributed by atoms with Crippen LogP contribution in [-0.2, 0) is 0 Å². The lowest BCUT2D eigenvalue weighted by molar-refractivity contribution is 0.0624. The summed E-state index contributed by atoms with van der Waals surface area (Å²) in [6, 6.07) is 5.94. The number of amides is 1. The first-order valence-electron chi connectivity index (χ1n) is 8.13. The summed E-state index contributed by atoms with van der Waals surface area (Å²) in [5, 5.41) is 0. The molecule has 1 saturated heterocycles. The van der Waals surface area contributed by atoms with Crippen molar-refractivity contribution in [3.63, 3.8) is 0 Å². The molecular weight excluding hydrogens is 281 g/mol. The zero-order valence-corrected chi connectivity index (χ0v) is 13.6. The monoisotopic (exact) mass is 307 g/mol. The molecule has 1 aromatic carbocycles. The molecule has 1 aromatic rings. The average Bonchev–Trinajstić information content (AvgIpc) is 2.56. The van der Waals surface area contributed by atoms with E-state index < -0.39 is 0 Å². The molecular formula is C17H26FN3O. The SMILES string of the molecule is CCN(CC)CCN1CCN(C(=O)c2cccc(F)c2)CC1. The second-order valence-electron chi connectivity index (χ2n) is 5.67. The van der Waals surface area contributed by atoms with E-state index in [4.69, 9.17) is 0 Å². The third-order valence-corrected chi connectivity index (χ3v) is 4.36. The molecule has 1 amide bonds. The number of carbonyl (C=O) groups is 1. The topological polar surface area (TPSA) is 26.8 Å². The summed E-state index contributed by atoms with van der Waals surface area (Å²) in [6.07, 6.45) is 0. The maximum Gasteiger partial charge on any atom is 0.254 e. The molecule has 22 heavy (non-hydrogen) atoms. The van der Waals surface area contributed by atoms with Gasteiger partial charge in [0, 0.05) is 44.8 Å². The van der Waals surface area contributed by atoms with E-state index in [0.717, 1.165) is 39.3 Å². The molecule has 0 saturated carbocycles. The zero-order chi connectivity index (χ0) is 15.9. The second kappa shape index (κ2) is 8.25. The van der Waals surface area contributed by atoms with Gasteiger partial charge in [-0.05, 0) is 31.3 Å². The van der Waals surface area contributed by atoms with Crippen LogP contribution >= 0.6 is 0 Å². The number of rotatable bonds is 6. The van der Waals surface area contributed by atoms with Crippen molar-refractivity contribution in [3.05, 3.63) is 35.6 Å². The Morgan fingerprint density at radius 1 is 1.18 bits per heavy atom. The summed E-state index contributed by atoms with van der Waals surface area (Å²) in [4.78, 5) is 19.0. The Morgan fingerprint density at radius 2 is 1.86 bits per heavy atom. The molecule has 0 unspecified atom stereocenters. The van der Waals surface area contributed by atoms with E-state index in [1.54, 1.807) is 12.1 Å². The summed E-state index contributed by atoms with van der Waals surface area (Å²) in [7, 11) is 0. The van der Waals surface area contributed by atoms with Gasteiger partial charge >= 0.3 is 0 Å². The second-order valence-corrected chi connectivity index (χ2v) is 5.67. The highest BCUT2D eigenvalue weighted by atomic mass is 19.1. The van der Waals surface area contributed by atoms with Gasteiger partial charge in [-0.25, -0.2) is 4.39 Å². The van der Waals surface area contributed by atoms with Crippen LogP contribution in [0.4, 0.5) is 4.39 Å². The standard InChI is InChI=1S/C17H26FN3O/c1-3-19(4-2)8-9-20-10-12-21(13-11-20)17(22)15-6-5-7-16(18)14-15/h5-7,14H,3-4,8-13H2,1-2H3. The Bertz CT molecular complexity index is 483. The predicted molar refractivity (Wildman–Crippen MR) is 86.5 cm³/mol. The molecule has 1 heterocycles. The van der Waals surface area contributed by atoms with Crippen LogP contribution in [0, 0.1) is 5.82 Å². The van der Waals surface area contributed by atoms with Crippen molar-refractivity contribution >= 4 is 5.91 Å². The van der Waals surface area contributed by atoms with Gasteiger partial charge < -0.3 is 9.80 Å². The fourth-order valence-electron chi connectivity index (χ4n) is 2.80. The maximum absolute atomic E-state index is 13.2. The van der Waals surface area contributed by atoms with E-state index >= 15 is 0 Å². The van der Waals surface area contributed by atoms with Gasteiger partial charge in [-0.3, -0.25) is 9.69 Å². The number of nitrogens with zero attached hydrogens (tertiary/aromatic N) is 3. The number of benzene rings is 1. The Morgan fingerprint density at radius 3 is 2.45 bits per heavy atom. The molecule has 122 valence electrons. The predicted octanol–water partition coefficient (Wildman–Crippen LogP) is 1.93. The number of hydrogen-bond acceptors (Lipinski definition) is 3. The van der Waals surface area contributed by atoms with Crippen molar-refractivity contribution in [1.29, 1.82) is 0 Å². The number of carbonyl (C=O) groups excluding carboxylic acids is 1. The van der Waals surface area contributed by atoms with Crippen molar-refractivity contribution in [2.75, 3.05) is 52.4 Å². The van der Waals surface area contributed by atoms with Crippen molar-refractivity contribution < 1.29 is 9.18 Å². The summed E-state index contributed by atoms with van der Waals surface area (Å²) in [5.74, 6) is -0.424. The van der Waals surface area contributed by atoms with E-state index in [1.807, 2.05) is 4.90 Å². The van der Waals surface area contributed by atoms with Crippen LogP contribution in [0.2, 0.25) is 0 Å². The lowest BCUT2D eigenvalue weighted by atomic mass is 10.1. The first-order chi connectivity index (χ1) is 10.6. The fourth-order valence-corrected chi connectivity index (χ4v) is 2.80. The van der Waals surface area contributed by atoms with Gasteiger partial charge in [-0.2, -0.15) is 0 Å². The molecule has 0 N–H and O–H groups in total. The van der Waals surface area contributed by atoms with Crippen LogP contribution < -0.4 is 0 Å². The van der Waals surface area contributed by atoms with Crippen LogP contribution in [0.5, 0.6) is 0 Å². The fraction of sp³-hybridized carbons (Fsp3) is 0.588. The van der Waals surface area contributed by atoms with Gasteiger partial charge in [0.05, 0.1) is 0 Å². The minimum absolute atomic E-state index is 0.0668. The molecule has 0 radical (unpaired) electrons. The van der Waals surface area contributed by atoms with E-state index in [2.05, 4.69) is 23.6 Å². The molecule has 2 rings (SSSR count). The summed E-state index contributed by atoms with van der Waals surface area (Å²) in [6.45, 7) is 11.8. The third kappa shape index (κ3) is 4.52.